The molecule has 2 aromatic rings. The predicted octanol–water partition coefficient (Wildman–Crippen LogP) is 3.19. The second-order valence-corrected chi connectivity index (χ2v) is 6.16. The smallest absolute Gasteiger partial charge is 0.251 e. The maximum atomic E-state index is 12.2. The molecular formula is C20H24N2O2. The zero-order valence-electron chi connectivity index (χ0n) is 14.3. The molecule has 126 valence electrons. The van der Waals surface area contributed by atoms with Crippen molar-refractivity contribution >= 4 is 11.6 Å². The summed E-state index contributed by atoms with van der Waals surface area (Å²) in [5.41, 5.74) is 4.42. The van der Waals surface area contributed by atoms with Crippen molar-refractivity contribution < 1.29 is 9.53 Å². The molecule has 4 heteroatoms. The van der Waals surface area contributed by atoms with Crippen LogP contribution >= 0.6 is 0 Å². The number of aryl methyl sites for hydroxylation is 1. The largest absolute Gasteiger partial charge is 0.496 e. The van der Waals surface area contributed by atoms with E-state index >= 15 is 0 Å². The summed E-state index contributed by atoms with van der Waals surface area (Å²) < 4.78 is 5.23. The van der Waals surface area contributed by atoms with Crippen LogP contribution in [0.5, 0.6) is 5.75 Å². The van der Waals surface area contributed by atoms with Gasteiger partial charge in [-0.15, -0.1) is 0 Å². The number of rotatable bonds is 6. The molecule has 0 saturated heterocycles. The summed E-state index contributed by atoms with van der Waals surface area (Å²) in [5.74, 6) is 0.779. The summed E-state index contributed by atoms with van der Waals surface area (Å²) in [6.07, 6.45) is 2.06. The summed E-state index contributed by atoms with van der Waals surface area (Å²) in [7, 11) is 1.64. The Hall–Kier alpha value is -2.49. The number of amides is 1. The first-order chi connectivity index (χ1) is 11.7. The van der Waals surface area contributed by atoms with E-state index in [2.05, 4.69) is 34.5 Å². The van der Waals surface area contributed by atoms with Crippen LogP contribution in [0.25, 0.3) is 0 Å². The van der Waals surface area contributed by atoms with E-state index in [1.54, 1.807) is 13.2 Å². The quantitative estimate of drug-likeness (QED) is 0.830. The number of fused-ring (bicyclic) bond motifs is 1. The van der Waals surface area contributed by atoms with Crippen LogP contribution in [0.3, 0.4) is 0 Å². The van der Waals surface area contributed by atoms with Gasteiger partial charge in [-0.05, 0) is 55.2 Å². The Morgan fingerprint density at radius 2 is 2.08 bits per heavy atom. The summed E-state index contributed by atoms with van der Waals surface area (Å²) in [4.78, 5) is 14.6. The van der Waals surface area contributed by atoms with E-state index in [1.807, 2.05) is 19.1 Å². The molecular weight excluding hydrogens is 300 g/mol. The third kappa shape index (κ3) is 3.53. The normalized spacial score (nSPS) is 12.8. The highest BCUT2D eigenvalue weighted by Crippen LogP contribution is 2.27. The first-order valence-electron chi connectivity index (χ1n) is 8.45. The molecule has 1 heterocycles. The topological polar surface area (TPSA) is 41.6 Å². The van der Waals surface area contributed by atoms with Crippen LogP contribution in [-0.4, -0.2) is 32.7 Å². The minimum absolute atomic E-state index is 0.0254. The van der Waals surface area contributed by atoms with Gasteiger partial charge in [-0.2, -0.15) is 0 Å². The monoisotopic (exact) mass is 324 g/mol. The average molecular weight is 324 g/mol. The Morgan fingerprint density at radius 3 is 2.88 bits per heavy atom. The van der Waals surface area contributed by atoms with Crippen LogP contribution in [-0.2, 0) is 6.42 Å². The van der Waals surface area contributed by atoms with Crippen LogP contribution in [0.4, 0.5) is 5.69 Å². The SMILES string of the molecule is COc1ccc(C(=O)NCCCN2CCc3ccccc32)cc1C. The highest BCUT2D eigenvalue weighted by atomic mass is 16.5. The molecule has 0 aliphatic carbocycles. The second kappa shape index (κ2) is 7.39. The Bertz CT molecular complexity index is 727. The maximum absolute atomic E-state index is 12.2. The maximum Gasteiger partial charge on any atom is 0.251 e. The van der Waals surface area contributed by atoms with E-state index in [4.69, 9.17) is 4.74 Å². The van der Waals surface area contributed by atoms with Gasteiger partial charge in [-0.25, -0.2) is 0 Å². The number of hydrogen-bond donors (Lipinski definition) is 1. The number of carbonyl (C=O) groups excluding carboxylic acids is 1. The number of benzene rings is 2. The molecule has 0 spiro atoms. The van der Waals surface area contributed by atoms with Gasteiger partial charge in [-0.1, -0.05) is 18.2 Å². The molecule has 2 aromatic carbocycles. The first-order valence-corrected chi connectivity index (χ1v) is 8.45. The molecule has 24 heavy (non-hydrogen) atoms. The van der Waals surface area contributed by atoms with Crippen LogP contribution in [0.2, 0.25) is 0 Å². The predicted molar refractivity (Wildman–Crippen MR) is 97.0 cm³/mol. The number of nitrogens with zero attached hydrogens (tertiary/aromatic N) is 1. The summed E-state index contributed by atoms with van der Waals surface area (Å²) in [6.45, 7) is 4.67. The third-order valence-electron chi connectivity index (χ3n) is 4.53. The lowest BCUT2D eigenvalue weighted by molar-refractivity contribution is 0.0953. The first kappa shape index (κ1) is 16.4. The Morgan fingerprint density at radius 1 is 1.25 bits per heavy atom. The van der Waals surface area contributed by atoms with E-state index in [0.717, 1.165) is 37.2 Å². The Kier molecular flexibility index (Phi) is 5.04. The van der Waals surface area contributed by atoms with E-state index < -0.39 is 0 Å². The lowest BCUT2D eigenvalue weighted by atomic mass is 10.1. The molecule has 1 aliphatic heterocycles. The number of carbonyl (C=O) groups is 1. The molecule has 0 atom stereocenters. The molecule has 0 unspecified atom stereocenters. The van der Waals surface area contributed by atoms with Crippen LogP contribution in [0, 0.1) is 6.92 Å². The lowest BCUT2D eigenvalue weighted by Crippen LogP contribution is -2.29. The zero-order valence-corrected chi connectivity index (χ0v) is 14.3. The number of methoxy groups -OCH3 is 1. The molecule has 0 fully saturated rings. The number of hydrogen-bond acceptors (Lipinski definition) is 3. The van der Waals surface area contributed by atoms with Crippen molar-refractivity contribution in [2.75, 3.05) is 31.6 Å². The fourth-order valence-corrected chi connectivity index (χ4v) is 3.23. The summed E-state index contributed by atoms with van der Waals surface area (Å²) in [6, 6.07) is 14.1. The van der Waals surface area contributed by atoms with Gasteiger partial charge in [0.1, 0.15) is 5.75 Å². The molecule has 0 radical (unpaired) electrons. The summed E-state index contributed by atoms with van der Waals surface area (Å²) >= 11 is 0. The highest BCUT2D eigenvalue weighted by molar-refractivity contribution is 5.94. The summed E-state index contributed by atoms with van der Waals surface area (Å²) in [5, 5.41) is 3.01. The molecule has 3 rings (SSSR count). The second-order valence-electron chi connectivity index (χ2n) is 6.16. The Labute approximate surface area is 143 Å². The number of anilines is 1. The zero-order chi connectivity index (χ0) is 16.9. The van der Waals surface area contributed by atoms with Gasteiger partial charge < -0.3 is 15.0 Å². The van der Waals surface area contributed by atoms with Gasteiger partial charge >= 0.3 is 0 Å². The van der Waals surface area contributed by atoms with Gasteiger partial charge in [0.15, 0.2) is 0 Å². The van der Waals surface area contributed by atoms with Gasteiger partial charge in [0.25, 0.3) is 5.91 Å². The van der Waals surface area contributed by atoms with Crippen molar-refractivity contribution in [3.05, 3.63) is 59.2 Å². The minimum Gasteiger partial charge on any atom is -0.496 e. The van der Waals surface area contributed by atoms with Gasteiger partial charge in [0, 0.05) is 30.9 Å². The lowest BCUT2D eigenvalue weighted by Gasteiger charge is -2.19. The number of ether oxygens (including phenoxy) is 1. The molecule has 1 N–H and O–H groups in total. The van der Waals surface area contributed by atoms with E-state index in [0.29, 0.717) is 12.1 Å². The Balaban J connectivity index is 1.47. The van der Waals surface area contributed by atoms with E-state index in [1.165, 1.54) is 11.3 Å². The van der Waals surface area contributed by atoms with Crippen molar-refractivity contribution in [1.29, 1.82) is 0 Å². The molecule has 0 saturated carbocycles. The van der Waals surface area contributed by atoms with Crippen LogP contribution in [0.15, 0.2) is 42.5 Å². The number of nitrogens with one attached hydrogen (secondary N) is 1. The van der Waals surface area contributed by atoms with Crippen molar-refractivity contribution in [2.24, 2.45) is 0 Å². The fraction of sp³-hybridized carbons (Fsp3) is 0.350. The number of para-hydroxylation sites is 1. The van der Waals surface area contributed by atoms with E-state index in [9.17, 15) is 4.79 Å². The van der Waals surface area contributed by atoms with Crippen molar-refractivity contribution in [3.8, 4) is 5.75 Å². The molecule has 0 aromatic heterocycles. The highest BCUT2D eigenvalue weighted by Gasteiger charge is 2.17. The van der Waals surface area contributed by atoms with Crippen molar-refractivity contribution in [3.63, 3.8) is 0 Å². The molecule has 1 amide bonds. The van der Waals surface area contributed by atoms with Crippen LogP contribution in [0.1, 0.15) is 27.9 Å². The van der Waals surface area contributed by atoms with Crippen molar-refractivity contribution in [2.45, 2.75) is 19.8 Å². The minimum atomic E-state index is -0.0254. The third-order valence-corrected chi connectivity index (χ3v) is 4.53. The standard InChI is InChI=1S/C20H24N2O2/c1-15-14-17(8-9-19(15)24-2)20(23)21-11-5-12-22-13-10-16-6-3-4-7-18(16)22/h3-4,6-9,14H,5,10-13H2,1-2H3,(H,21,23). The molecule has 0 bridgehead atoms. The van der Waals surface area contributed by atoms with Gasteiger partial charge in [-0.3, -0.25) is 4.79 Å². The van der Waals surface area contributed by atoms with E-state index in [-0.39, 0.29) is 5.91 Å². The average Bonchev–Trinajstić information content (AvgIpc) is 3.01. The molecule has 1 aliphatic rings. The van der Waals surface area contributed by atoms with Crippen LogP contribution < -0.4 is 15.0 Å². The fourth-order valence-electron chi connectivity index (χ4n) is 3.23. The van der Waals surface area contributed by atoms with Crippen molar-refractivity contribution in [1.82, 2.24) is 5.32 Å². The molecule has 4 nitrogen and oxygen atoms in total. The van der Waals surface area contributed by atoms with Gasteiger partial charge in [0.05, 0.1) is 7.11 Å². The van der Waals surface area contributed by atoms with Gasteiger partial charge in [0.2, 0.25) is 0 Å².